The van der Waals surface area contributed by atoms with Crippen LogP contribution in [0.3, 0.4) is 0 Å². The highest BCUT2D eigenvalue weighted by Gasteiger charge is 2.05. The van der Waals surface area contributed by atoms with E-state index in [1.54, 1.807) is 31.6 Å². The molecule has 104 valence electrons. The summed E-state index contributed by atoms with van der Waals surface area (Å²) < 4.78 is 5.09. The maximum atomic E-state index is 11.8. The second-order valence-electron chi connectivity index (χ2n) is 4.21. The molecule has 0 radical (unpaired) electrons. The van der Waals surface area contributed by atoms with Gasteiger partial charge in [-0.05, 0) is 36.2 Å². The number of amides is 1. The molecule has 0 saturated heterocycles. The number of halogens is 1. The van der Waals surface area contributed by atoms with Crippen molar-refractivity contribution in [3.63, 3.8) is 0 Å². The standard InChI is InChI=1S/C15H15ClN2O2/c1-20-14-3-2-11(10-13(14)16)4-9-18-15(19)12-5-7-17-8-6-12/h2-3,5-8,10H,4,9H2,1H3,(H,18,19). The molecule has 5 heteroatoms. The number of benzene rings is 1. The summed E-state index contributed by atoms with van der Waals surface area (Å²) in [5.74, 6) is 0.545. The first-order chi connectivity index (χ1) is 9.70. The third kappa shape index (κ3) is 3.71. The van der Waals surface area contributed by atoms with Crippen LogP contribution in [0.25, 0.3) is 0 Å². The highest BCUT2D eigenvalue weighted by Crippen LogP contribution is 2.24. The molecule has 2 aromatic rings. The van der Waals surface area contributed by atoms with Crippen molar-refractivity contribution in [2.75, 3.05) is 13.7 Å². The number of nitrogens with one attached hydrogen (secondary N) is 1. The molecule has 20 heavy (non-hydrogen) atoms. The number of aromatic nitrogens is 1. The van der Waals surface area contributed by atoms with Crippen molar-refractivity contribution < 1.29 is 9.53 Å². The van der Waals surface area contributed by atoms with E-state index in [4.69, 9.17) is 16.3 Å². The summed E-state index contributed by atoms with van der Waals surface area (Å²) in [6.45, 7) is 0.545. The minimum Gasteiger partial charge on any atom is -0.495 e. The van der Waals surface area contributed by atoms with Crippen molar-refractivity contribution in [3.05, 3.63) is 58.9 Å². The zero-order valence-electron chi connectivity index (χ0n) is 11.1. The predicted octanol–water partition coefficient (Wildman–Crippen LogP) is 2.72. The Labute approximate surface area is 122 Å². The molecular weight excluding hydrogens is 276 g/mol. The monoisotopic (exact) mass is 290 g/mol. The molecule has 0 unspecified atom stereocenters. The van der Waals surface area contributed by atoms with Gasteiger partial charge in [-0.3, -0.25) is 9.78 Å². The molecule has 0 bridgehead atoms. The summed E-state index contributed by atoms with van der Waals surface area (Å²) >= 11 is 6.05. The highest BCUT2D eigenvalue weighted by molar-refractivity contribution is 6.32. The van der Waals surface area contributed by atoms with E-state index in [9.17, 15) is 4.79 Å². The van der Waals surface area contributed by atoms with Gasteiger partial charge < -0.3 is 10.1 Å². The molecule has 0 spiro atoms. The van der Waals surface area contributed by atoms with Crippen LogP contribution in [-0.2, 0) is 6.42 Å². The summed E-state index contributed by atoms with van der Waals surface area (Å²) in [4.78, 5) is 15.7. The van der Waals surface area contributed by atoms with Gasteiger partial charge in [0.1, 0.15) is 5.75 Å². The van der Waals surface area contributed by atoms with E-state index in [1.165, 1.54) is 0 Å². The molecule has 1 heterocycles. The van der Waals surface area contributed by atoms with Gasteiger partial charge in [0.2, 0.25) is 0 Å². The first-order valence-electron chi connectivity index (χ1n) is 6.21. The van der Waals surface area contributed by atoms with Crippen LogP contribution in [0.5, 0.6) is 5.75 Å². The molecule has 0 aliphatic carbocycles. The second-order valence-corrected chi connectivity index (χ2v) is 4.62. The van der Waals surface area contributed by atoms with Crippen molar-refractivity contribution >= 4 is 17.5 Å². The molecule has 1 N–H and O–H groups in total. The normalized spacial score (nSPS) is 10.1. The topological polar surface area (TPSA) is 51.2 Å². The van der Waals surface area contributed by atoms with Crippen molar-refractivity contribution in [2.45, 2.75) is 6.42 Å². The number of rotatable bonds is 5. The van der Waals surface area contributed by atoms with Gasteiger partial charge in [0.25, 0.3) is 5.91 Å². The molecular formula is C15H15ClN2O2. The van der Waals surface area contributed by atoms with E-state index in [0.29, 0.717) is 29.3 Å². The Morgan fingerprint density at radius 3 is 2.70 bits per heavy atom. The molecule has 1 aromatic carbocycles. The number of methoxy groups -OCH3 is 1. The average molecular weight is 291 g/mol. The van der Waals surface area contributed by atoms with E-state index in [1.807, 2.05) is 18.2 Å². The van der Waals surface area contributed by atoms with Crippen molar-refractivity contribution in [1.82, 2.24) is 10.3 Å². The molecule has 2 rings (SSSR count). The number of nitrogens with zero attached hydrogens (tertiary/aromatic N) is 1. The van der Waals surface area contributed by atoms with Gasteiger partial charge in [-0.2, -0.15) is 0 Å². The van der Waals surface area contributed by atoms with Gasteiger partial charge in [0.05, 0.1) is 12.1 Å². The summed E-state index contributed by atoms with van der Waals surface area (Å²) in [5.41, 5.74) is 1.65. The second kappa shape index (κ2) is 6.91. The third-order valence-corrected chi connectivity index (χ3v) is 3.15. The van der Waals surface area contributed by atoms with Crippen LogP contribution in [0, 0.1) is 0 Å². The minimum atomic E-state index is -0.105. The average Bonchev–Trinajstić information content (AvgIpc) is 2.48. The Balaban J connectivity index is 1.87. The highest BCUT2D eigenvalue weighted by atomic mass is 35.5. The maximum absolute atomic E-state index is 11.8. The van der Waals surface area contributed by atoms with Gasteiger partial charge in [-0.1, -0.05) is 17.7 Å². The Morgan fingerprint density at radius 1 is 1.30 bits per heavy atom. The Kier molecular flexibility index (Phi) is 4.96. The van der Waals surface area contributed by atoms with Gasteiger partial charge in [0.15, 0.2) is 0 Å². The molecule has 0 fully saturated rings. The van der Waals surface area contributed by atoms with Crippen LogP contribution in [0.1, 0.15) is 15.9 Å². The summed E-state index contributed by atoms with van der Waals surface area (Å²) in [5, 5.41) is 3.43. The lowest BCUT2D eigenvalue weighted by molar-refractivity contribution is 0.0954. The Bertz CT molecular complexity index is 588. The fourth-order valence-corrected chi connectivity index (χ4v) is 2.07. The zero-order chi connectivity index (χ0) is 14.4. The number of hydrogen-bond donors (Lipinski definition) is 1. The number of pyridine rings is 1. The Hall–Kier alpha value is -2.07. The van der Waals surface area contributed by atoms with Crippen LogP contribution >= 0.6 is 11.6 Å². The molecule has 1 aromatic heterocycles. The van der Waals surface area contributed by atoms with E-state index < -0.39 is 0 Å². The number of hydrogen-bond acceptors (Lipinski definition) is 3. The summed E-state index contributed by atoms with van der Waals surface area (Å²) in [6, 6.07) is 8.96. The minimum absolute atomic E-state index is 0.105. The Morgan fingerprint density at radius 2 is 2.05 bits per heavy atom. The number of carbonyl (C=O) groups excluding carboxylic acids is 1. The third-order valence-electron chi connectivity index (χ3n) is 2.86. The van der Waals surface area contributed by atoms with Crippen molar-refractivity contribution in [2.24, 2.45) is 0 Å². The first kappa shape index (κ1) is 14.3. The quantitative estimate of drug-likeness (QED) is 0.921. The van der Waals surface area contributed by atoms with Gasteiger partial charge in [0, 0.05) is 24.5 Å². The van der Waals surface area contributed by atoms with E-state index >= 15 is 0 Å². The lowest BCUT2D eigenvalue weighted by Crippen LogP contribution is -2.25. The first-order valence-corrected chi connectivity index (χ1v) is 6.59. The molecule has 0 saturated carbocycles. The van der Waals surface area contributed by atoms with Crippen LogP contribution in [0.2, 0.25) is 5.02 Å². The summed E-state index contributed by atoms with van der Waals surface area (Å²) in [7, 11) is 1.58. The fraction of sp³-hybridized carbons (Fsp3) is 0.200. The number of carbonyl (C=O) groups is 1. The lowest BCUT2D eigenvalue weighted by Gasteiger charge is -2.07. The zero-order valence-corrected chi connectivity index (χ0v) is 11.9. The van der Waals surface area contributed by atoms with Gasteiger partial charge >= 0.3 is 0 Å². The summed E-state index contributed by atoms with van der Waals surface area (Å²) in [6.07, 6.45) is 3.90. The molecule has 0 aliphatic heterocycles. The predicted molar refractivity (Wildman–Crippen MR) is 78.3 cm³/mol. The van der Waals surface area contributed by atoms with Crippen LogP contribution in [0.15, 0.2) is 42.7 Å². The van der Waals surface area contributed by atoms with Gasteiger partial charge in [-0.25, -0.2) is 0 Å². The van der Waals surface area contributed by atoms with E-state index in [-0.39, 0.29) is 5.91 Å². The molecule has 0 aliphatic rings. The number of ether oxygens (including phenoxy) is 1. The SMILES string of the molecule is COc1ccc(CCNC(=O)c2ccncc2)cc1Cl. The van der Waals surface area contributed by atoms with Crippen molar-refractivity contribution in [1.29, 1.82) is 0 Å². The van der Waals surface area contributed by atoms with Crippen LogP contribution in [0.4, 0.5) is 0 Å². The van der Waals surface area contributed by atoms with Crippen LogP contribution < -0.4 is 10.1 Å². The van der Waals surface area contributed by atoms with Gasteiger partial charge in [-0.15, -0.1) is 0 Å². The van der Waals surface area contributed by atoms with Crippen molar-refractivity contribution in [3.8, 4) is 5.75 Å². The molecule has 0 atom stereocenters. The fourth-order valence-electron chi connectivity index (χ4n) is 1.79. The molecule has 1 amide bonds. The van der Waals surface area contributed by atoms with E-state index in [2.05, 4.69) is 10.3 Å². The molecule has 4 nitrogen and oxygen atoms in total. The largest absolute Gasteiger partial charge is 0.495 e. The maximum Gasteiger partial charge on any atom is 0.251 e. The smallest absolute Gasteiger partial charge is 0.251 e. The lowest BCUT2D eigenvalue weighted by atomic mass is 10.1. The van der Waals surface area contributed by atoms with Crippen LogP contribution in [-0.4, -0.2) is 24.5 Å². The van der Waals surface area contributed by atoms with E-state index in [0.717, 1.165) is 5.56 Å².